The molecule has 2 aliphatic heterocycles. The van der Waals surface area contributed by atoms with Gasteiger partial charge in [0, 0.05) is 56.1 Å². The number of nitriles is 1. The average molecular weight is 561 g/mol. The lowest BCUT2D eigenvalue weighted by Crippen LogP contribution is -2.47. The SMILES string of the molecule is COc1cnn2cc(-c3nn4c(c3C)CCN(C3CCCN(C#N)C3)CC4)cc(O[C@H](CO)c3ccc(F)cn3)c12. The summed E-state index contributed by atoms with van der Waals surface area (Å²) in [6.07, 6.45) is 9.13. The fraction of sp³-hybridized carbons (Fsp3) is 0.448. The summed E-state index contributed by atoms with van der Waals surface area (Å²) in [7, 11) is 1.56. The monoisotopic (exact) mass is 560 g/mol. The molecular weight excluding hydrogens is 527 g/mol. The van der Waals surface area contributed by atoms with E-state index in [1.54, 1.807) is 17.8 Å². The molecular formula is C29H33FN8O3. The van der Waals surface area contributed by atoms with E-state index in [9.17, 15) is 14.8 Å². The molecule has 12 heteroatoms. The molecule has 1 saturated heterocycles. The first kappa shape index (κ1) is 27.0. The van der Waals surface area contributed by atoms with Crippen molar-refractivity contribution in [2.45, 2.75) is 44.9 Å². The number of pyridine rings is 2. The highest BCUT2D eigenvalue weighted by molar-refractivity contribution is 5.75. The fourth-order valence-electron chi connectivity index (χ4n) is 6.00. The van der Waals surface area contributed by atoms with Crippen molar-refractivity contribution < 1.29 is 19.0 Å². The number of ether oxygens (including phenoxy) is 2. The number of hydrogen-bond acceptors (Lipinski definition) is 9. The van der Waals surface area contributed by atoms with Gasteiger partial charge in [0.05, 0.1) is 44.0 Å². The molecule has 0 aliphatic carbocycles. The normalized spacial score (nSPS) is 18.5. The summed E-state index contributed by atoms with van der Waals surface area (Å²) in [5, 5.41) is 29.0. The maximum absolute atomic E-state index is 13.5. The summed E-state index contributed by atoms with van der Waals surface area (Å²) in [6.45, 7) is 5.95. The zero-order chi connectivity index (χ0) is 28.5. The van der Waals surface area contributed by atoms with Gasteiger partial charge in [-0.3, -0.25) is 14.6 Å². The molecule has 11 nitrogen and oxygen atoms in total. The molecule has 214 valence electrons. The summed E-state index contributed by atoms with van der Waals surface area (Å²) in [4.78, 5) is 8.47. The number of aromatic nitrogens is 5. The van der Waals surface area contributed by atoms with E-state index in [-0.39, 0.29) is 6.61 Å². The van der Waals surface area contributed by atoms with E-state index in [1.165, 1.54) is 17.8 Å². The molecule has 0 saturated carbocycles. The van der Waals surface area contributed by atoms with E-state index in [0.29, 0.717) is 28.8 Å². The Kier molecular flexibility index (Phi) is 7.47. The molecule has 4 aromatic heterocycles. The van der Waals surface area contributed by atoms with E-state index in [1.807, 2.05) is 17.2 Å². The van der Waals surface area contributed by atoms with Crippen LogP contribution in [0.2, 0.25) is 0 Å². The predicted molar refractivity (Wildman–Crippen MR) is 148 cm³/mol. The van der Waals surface area contributed by atoms with Crippen molar-refractivity contribution in [1.82, 2.24) is 34.2 Å². The van der Waals surface area contributed by atoms with E-state index in [0.717, 1.165) is 75.0 Å². The number of nitrogens with zero attached hydrogens (tertiary/aromatic N) is 8. The molecule has 6 rings (SSSR count). The molecule has 1 N–H and O–H groups in total. The van der Waals surface area contributed by atoms with Gasteiger partial charge in [-0.15, -0.1) is 0 Å². The zero-order valence-corrected chi connectivity index (χ0v) is 23.2. The minimum Gasteiger partial charge on any atom is -0.493 e. The van der Waals surface area contributed by atoms with Gasteiger partial charge in [0.2, 0.25) is 0 Å². The van der Waals surface area contributed by atoms with Crippen molar-refractivity contribution in [2.75, 3.05) is 39.9 Å². The van der Waals surface area contributed by atoms with Gasteiger partial charge in [0.15, 0.2) is 29.3 Å². The van der Waals surface area contributed by atoms with Gasteiger partial charge < -0.3 is 19.5 Å². The lowest BCUT2D eigenvalue weighted by molar-refractivity contribution is 0.114. The van der Waals surface area contributed by atoms with E-state index in [2.05, 4.69) is 32.8 Å². The second-order valence-corrected chi connectivity index (χ2v) is 10.6. The third-order valence-corrected chi connectivity index (χ3v) is 8.16. The molecule has 0 aromatic carbocycles. The Labute approximate surface area is 237 Å². The third-order valence-electron chi connectivity index (χ3n) is 8.16. The number of hydrogen-bond donors (Lipinski definition) is 1. The minimum absolute atomic E-state index is 0.354. The molecule has 1 fully saturated rings. The van der Waals surface area contributed by atoms with Crippen LogP contribution in [-0.4, -0.2) is 85.2 Å². The van der Waals surface area contributed by atoms with Crippen LogP contribution in [0.5, 0.6) is 11.5 Å². The smallest absolute Gasteiger partial charge is 0.179 e. The maximum atomic E-state index is 13.5. The number of aliphatic hydroxyl groups is 1. The fourth-order valence-corrected chi connectivity index (χ4v) is 6.00. The summed E-state index contributed by atoms with van der Waals surface area (Å²) in [6, 6.07) is 5.05. The summed E-state index contributed by atoms with van der Waals surface area (Å²) < 4.78 is 29.1. The Bertz CT molecular complexity index is 1580. The zero-order valence-electron chi connectivity index (χ0n) is 23.2. The van der Waals surface area contributed by atoms with Crippen molar-refractivity contribution in [3.63, 3.8) is 0 Å². The Morgan fingerprint density at radius 2 is 2.07 bits per heavy atom. The van der Waals surface area contributed by atoms with Crippen molar-refractivity contribution in [3.8, 4) is 28.9 Å². The van der Waals surface area contributed by atoms with Crippen molar-refractivity contribution in [2.24, 2.45) is 0 Å². The Balaban J connectivity index is 1.31. The number of aliphatic hydroxyl groups excluding tert-OH is 1. The van der Waals surface area contributed by atoms with Crippen LogP contribution in [0, 0.1) is 24.2 Å². The highest BCUT2D eigenvalue weighted by Crippen LogP contribution is 2.37. The summed E-state index contributed by atoms with van der Waals surface area (Å²) in [5.41, 5.74) is 4.95. The predicted octanol–water partition coefficient (Wildman–Crippen LogP) is 2.96. The number of halogens is 1. The van der Waals surface area contributed by atoms with Crippen molar-refractivity contribution in [3.05, 3.63) is 59.6 Å². The minimum atomic E-state index is -0.822. The number of fused-ring (bicyclic) bond motifs is 2. The molecule has 4 aromatic rings. The van der Waals surface area contributed by atoms with Gasteiger partial charge in [-0.1, -0.05) is 0 Å². The quantitative estimate of drug-likeness (QED) is 0.341. The van der Waals surface area contributed by atoms with Gasteiger partial charge in [0.25, 0.3) is 0 Å². The van der Waals surface area contributed by atoms with Gasteiger partial charge in [-0.05, 0) is 43.5 Å². The van der Waals surface area contributed by atoms with Crippen LogP contribution in [0.3, 0.4) is 0 Å². The van der Waals surface area contributed by atoms with Crippen molar-refractivity contribution >= 4 is 5.52 Å². The molecule has 0 spiro atoms. The second-order valence-electron chi connectivity index (χ2n) is 10.6. The molecule has 41 heavy (non-hydrogen) atoms. The number of rotatable bonds is 7. The van der Waals surface area contributed by atoms with Crippen LogP contribution in [0.4, 0.5) is 4.39 Å². The maximum Gasteiger partial charge on any atom is 0.179 e. The summed E-state index contributed by atoms with van der Waals surface area (Å²) in [5.74, 6) is 0.494. The lowest BCUT2D eigenvalue weighted by atomic mass is 10.0. The Morgan fingerprint density at radius 3 is 2.83 bits per heavy atom. The standard InChI is InChI=1S/C29H33FN8O3/c1-19-24-7-9-36(22-4-3-8-35(16-22)18-31)10-11-37(24)34-28(19)20-12-25(29-26(40-2)14-33-38(29)15-20)41-27(17-39)23-6-5-21(30)13-32-23/h5-6,12-15,22,27,39H,3-4,7-11,16-17H2,1-2H3/t22?,27-/m1/s1. The third kappa shape index (κ3) is 5.18. The van der Waals surface area contributed by atoms with Gasteiger partial charge in [-0.25, -0.2) is 8.91 Å². The van der Waals surface area contributed by atoms with Gasteiger partial charge in [0.1, 0.15) is 5.82 Å². The van der Waals surface area contributed by atoms with Crippen LogP contribution in [0.1, 0.15) is 35.9 Å². The molecule has 1 unspecified atom stereocenters. The molecule has 6 heterocycles. The first-order valence-corrected chi connectivity index (χ1v) is 13.9. The Hall–Kier alpha value is -4.21. The highest BCUT2D eigenvalue weighted by Gasteiger charge is 2.29. The number of likely N-dealkylation sites (tertiary alicyclic amines) is 1. The topological polar surface area (TPSA) is 117 Å². The van der Waals surface area contributed by atoms with Crippen molar-refractivity contribution in [1.29, 1.82) is 5.26 Å². The largest absolute Gasteiger partial charge is 0.493 e. The highest BCUT2D eigenvalue weighted by atomic mass is 19.1. The average Bonchev–Trinajstić information content (AvgIpc) is 3.48. The molecule has 0 bridgehead atoms. The van der Waals surface area contributed by atoms with E-state index >= 15 is 0 Å². The Morgan fingerprint density at radius 1 is 1.20 bits per heavy atom. The second kappa shape index (κ2) is 11.3. The molecule has 2 atom stereocenters. The van der Waals surface area contributed by atoms with Gasteiger partial charge >= 0.3 is 0 Å². The van der Waals surface area contributed by atoms with E-state index < -0.39 is 11.9 Å². The van der Waals surface area contributed by atoms with Crippen LogP contribution in [0.15, 0.2) is 36.8 Å². The molecule has 0 amide bonds. The van der Waals surface area contributed by atoms with Crippen LogP contribution >= 0.6 is 0 Å². The first-order valence-electron chi connectivity index (χ1n) is 13.9. The number of piperidine rings is 1. The van der Waals surface area contributed by atoms with Crippen LogP contribution in [-0.2, 0) is 13.0 Å². The number of methoxy groups -OCH3 is 1. The molecule has 2 aliphatic rings. The summed E-state index contributed by atoms with van der Waals surface area (Å²) >= 11 is 0. The van der Waals surface area contributed by atoms with Gasteiger partial charge in [-0.2, -0.15) is 15.5 Å². The lowest BCUT2D eigenvalue weighted by Gasteiger charge is -2.36. The van der Waals surface area contributed by atoms with Crippen LogP contribution in [0.25, 0.3) is 16.8 Å². The van der Waals surface area contributed by atoms with E-state index in [4.69, 9.17) is 14.6 Å². The first-order chi connectivity index (χ1) is 20.0. The van der Waals surface area contributed by atoms with Crippen LogP contribution < -0.4 is 9.47 Å². The molecule has 0 radical (unpaired) electrons.